The number of carboxylic acids is 1. The van der Waals surface area contributed by atoms with E-state index in [1.54, 1.807) is 12.1 Å². The maximum atomic E-state index is 11.1. The van der Waals surface area contributed by atoms with E-state index in [0.29, 0.717) is 5.56 Å². The molecule has 0 saturated carbocycles. The molecule has 0 radical (unpaired) electrons. The fourth-order valence-corrected chi connectivity index (χ4v) is 1.84. The lowest BCUT2D eigenvalue weighted by molar-refractivity contribution is 0.0696. The van der Waals surface area contributed by atoms with E-state index in [-0.39, 0.29) is 0 Å². The Hall–Kier alpha value is -1.57. The molecule has 0 aliphatic heterocycles. The van der Waals surface area contributed by atoms with Crippen molar-refractivity contribution in [1.82, 2.24) is 0 Å². The minimum absolute atomic E-state index is 0.386. The molecule has 1 N–H and O–H groups in total. The average Bonchev–Trinajstić information content (AvgIpc) is 2.34. The Morgan fingerprint density at radius 3 is 2.47 bits per heavy atom. The quantitative estimate of drug-likeness (QED) is 0.739. The van der Waals surface area contributed by atoms with Gasteiger partial charge in [-0.2, -0.15) is 0 Å². The predicted octanol–water partition coefficient (Wildman–Crippen LogP) is 4.37. The zero-order valence-corrected chi connectivity index (χ0v) is 10.6. The van der Waals surface area contributed by atoms with E-state index in [1.807, 2.05) is 19.1 Å². The van der Waals surface area contributed by atoms with Crippen molar-refractivity contribution in [3.63, 3.8) is 0 Å². The molecule has 1 aromatic rings. The number of carboxylic acid groups (broad SMARTS) is 1. The number of allylic oxidation sites excluding steroid dienone is 2. The number of benzene rings is 1. The molecule has 0 unspecified atom stereocenters. The van der Waals surface area contributed by atoms with Crippen LogP contribution in [0.1, 0.15) is 55.5 Å². The van der Waals surface area contributed by atoms with Gasteiger partial charge < -0.3 is 5.11 Å². The Morgan fingerprint density at radius 1 is 1.24 bits per heavy atom. The molecule has 0 bridgehead atoms. The van der Waals surface area contributed by atoms with Gasteiger partial charge in [0.05, 0.1) is 5.56 Å². The van der Waals surface area contributed by atoms with Crippen LogP contribution in [-0.4, -0.2) is 11.1 Å². The van der Waals surface area contributed by atoms with Crippen LogP contribution in [0.4, 0.5) is 0 Å². The summed E-state index contributed by atoms with van der Waals surface area (Å²) in [5, 5.41) is 9.10. The van der Waals surface area contributed by atoms with Gasteiger partial charge in [-0.25, -0.2) is 4.79 Å². The summed E-state index contributed by atoms with van der Waals surface area (Å²) in [4.78, 5) is 11.1. The van der Waals surface area contributed by atoms with E-state index in [0.717, 1.165) is 17.6 Å². The van der Waals surface area contributed by atoms with Crippen LogP contribution in [-0.2, 0) is 0 Å². The monoisotopic (exact) mass is 232 g/mol. The van der Waals surface area contributed by atoms with E-state index in [9.17, 15) is 4.79 Å². The van der Waals surface area contributed by atoms with E-state index in [1.165, 1.54) is 19.3 Å². The summed E-state index contributed by atoms with van der Waals surface area (Å²) in [5.41, 5.74) is 2.27. The zero-order chi connectivity index (χ0) is 12.7. The van der Waals surface area contributed by atoms with Gasteiger partial charge in [0.15, 0.2) is 0 Å². The Balaban J connectivity index is 2.80. The van der Waals surface area contributed by atoms with Crippen LogP contribution in [0.2, 0.25) is 0 Å². The van der Waals surface area contributed by atoms with Crippen molar-refractivity contribution < 1.29 is 9.90 Å². The normalized spacial score (nSPS) is 11.5. The minimum Gasteiger partial charge on any atom is -0.478 e. The first-order chi connectivity index (χ1) is 8.16. The third kappa shape index (κ3) is 4.06. The summed E-state index contributed by atoms with van der Waals surface area (Å²) in [5.74, 6) is -0.859. The van der Waals surface area contributed by atoms with E-state index in [2.05, 4.69) is 13.0 Å². The molecule has 0 amide bonds. The van der Waals surface area contributed by atoms with Crippen LogP contribution in [0.5, 0.6) is 0 Å². The second-order valence-corrected chi connectivity index (χ2v) is 4.23. The van der Waals surface area contributed by atoms with Gasteiger partial charge in [-0.3, -0.25) is 0 Å². The molecule has 0 spiro atoms. The largest absolute Gasteiger partial charge is 0.478 e. The number of hydrogen-bond donors (Lipinski definition) is 1. The molecule has 0 aliphatic carbocycles. The summed E-state index contributed by atoms with van der Waals surface area (Å²) in [6.45, 7) is 4.16. The minimum atomic E-state index is -0.859. The van der Waals surface area contributed by atoms with Crippen molar-refractivity contribution in [3.05, 3.63) is 41.5 Å². The first kappa shape index (κ1) is 13.5. The summed E-state index contributed by atoms with van der Waals surface area (Å²) in [6.07, 6.45) is 6.76. The smallest absolute Gasteiger partial charge is 0.336 e. The van der Waals surface area contributed by atoms with Crippen molar-refractivity contribution in [3.8, 4) is 0 Å². The van der Waals surface area contributed by atoms with Gasteiger partial charge in [0.1, 0.15) is 0 Å². The van der Waals surface area contributed by atoms with Crippen molar-refractivity contribution in [2.45, 2.75) is 39.5 Å². The maximum Gasteiger partial charge on any atom is 0.336 e. The summed E-state index contributed by atoms with van der Waals surface area (Å²) in [6, 6.07) is 7.17. The van der Waals surface area contributed by atoms with Crippen LogP contribution < -0.4 is 0 Å². The second-order valence-electron chi connectivity index (χ2n) is 4.23. The number of hydrogen-bond acceptors (Lipinski definition) is 1. The molecule has 2 heteroatoms. The third-order valence-corrected chi connectivity index (χ3v) is 2.84. The summed E-state index contributed by atoms with van der Waals surface area (Å²) >= 11 is 0. The lowest BCUT2D eigenvalue weighted by Crippen LogP contribution is -2.00. The van der Waals surface area contributed by atoms with E-state index >= 15 is 0 Å². The molecular weight excluding hydrogens is 212 g/mol. The molecule has 1 rings (SSSR count). The molecule has 0 aliphatic rings. The molecule has 0 heterocycles. The third-order valence-electron chi connectivity index (χ3n) is 2.84. The highest BCUT2D eigenvalue weighted by Gasteiger charge is 2.09. The zero-order valence-electron chi connectivity index (χ0n) is 10.6. The Kier molecular flexibility index (Phi) is 5.47. The highest BCUT2D eigenvalue weighted by atomic mass is 16.4. The molecule has 0 saturated heterocycles. The van der Waals surface area contributed by atoms with E-state index < -0.39 is 5.97 Å². The standard InChI is InChI=1S/C15H20O2/c1-3-4-5-6-9-12(2)13-10-7-8-11-14(13)15(16)17/h7-11H,3-6H2,1-2H3,(H,16,17). The van der Waals surface area contributed by atoms with Gasteiger partial charge in [-0.15, -0.1) is 0 Å². The molecule has 0 atom stereocenters. The Labute approximate surface area is 103 Å². The van der Waals surface area contributed by atoms with Gasteiger partial charge in [0.25, 0.3) is 0 Å². The Bertz CT molecular complexity index is 405. The number of carbonyl (C=O) groups is 1. The second kappa shape index (κ2) is 6.89. The maximum absolute atomic E-state index is 11.1. The van der Waals surface area contributed by atoms with Crippen LogP contribution in [0.15, 0.2) is 30.3 Å². The van der Waals surface area contributed by atoms with E-state index in [4.69, 9.17) is 5.11 Å². The SMILES string of the molecule is CCCCCC=C(C)c1ccccc1C(=O)O. The van der Waals surface area contributed by atoms with Crippen LogP contribution in [0.3, 0.4) is 0 Å². The highest BCUT2D eigenvalue weighted by molar-refractivity contribution is 5.93. The highest BCUT2D eigenvalue weighted by Crippen LogP contribution is 2.20. The summed E-state index contributed by atoms with van der Waals surface area (Å²) < 4.78 is 0. The fraction of sp³-hybridized carbons (Fsp3) is 0.400. The first-order valence-corrected chi connectivity index (χ1v) is 6.16. The van der Waals surface area contributed by atoms with Crippen molar-refractivity contribution in [2.24, 2.45) is 0 Å². The van der Waals surface area contributed by atoms with Gasteiger partial charge in [-0.1, -0.05) is 44.0 Å². The molecule has 17 heavy (non-hydrogen) atoms. The average molecular weight is 232 g/mol. The number of unbranched alkanes of at least 4 members (excludes halogenated alkanes) is 3. The molecule has 0 aromatic heterocycles. The molecule has 0 fully saturated rings. The van der Waals surface area contributed by atoms with Crippen LogP contribution >= 0.6 is 0 Å². The molecular formula is C15H20O2. The van der Waals surface area contributed by atoms with Crippen molar-refractivity contribution in [2.75, 3.05) is 0 Å². The van der Waals surface area contributed by atoms with Gasteiger partial charge in [-0.05, 0) is 37.0 Å². The van der Waals surface area contributed by atoms with Crippen molar-refractivity contribution in [1.29, 1.82) is 0 Å². The first-order valence-electron chi connectivity index (χ1n) is 6.16. The fourth-order valence-electron chi connectivity index (χ4n) is 1.84. The van der Waals surface area contributed by atoms with Gasteiger partial charge in [0.2, 0.25) is 0 Å². The lowest BCUT2D eigenvalue weighted by atomic mass is 9.99. The van der Waals surface area contributed by atoms with Crippen molar-refractivity contribution >= 4 is 11.5 Å². The number of rotatable bonds is 6. The number of aromatic carboxylic acids is 1. The van der Waals surface area contributed by atoms with Crippen LogP contribution in [0.25, 0.3) is 5.57 Å². The topological polar surface area (TPSA) is 37.3 Å². The predicted molar refractivity (Wildman–Crippen MR) is 71.2 cm³/mol. The Morgan fingerprint density at radius 2 is 1.88 bits per heavy atom. The van der Waals surface area contributed by atoms with Gasteiger partial charge in [0, 0.05) is 0 Å². The molecule has 92 valence electrons. The molecule has 1 aromatic carbocycles. The summed E-state index contributed by atoms with van der Waals surface area (Å²) in [7, 11) is 0. The molecule has 2 nitrogen and oxygen atoms in total. The van der Waals surface area contributed by atoms with Crippen LogP contribution in [0, 0.1) is 0 Å². The van der Waals surface area contributed by atoms with Gasteiger partial charge >= 0.3 is 5.97 Å². The lowest BCUT2D eigenvalue weighted by Gasteiger charge is -2.06.